The minimum atomic E-state index is 0.0849. The van der Waals surface area contributed by atoms with Crippen molar-refractivity contribution >= 4 is 5.91 Å². The summed E-state index contributed by atoms with van der Waals surface area (Å²) in [6.45, 7) is 5.62. The molecule has 102 valence electrons. The van der Waals surface area contributed by atoms with Crippen LogP contribution < -0.4 is 5.32 Å². The van der Waals surface area contributed by atoms with Gasteiger partial charge in [-0.15, -0.1) is 0 Å². The number of hydrogen-bond donors (Lipinski definition) is 1. The zero-order valence-electron chi connectivity index (χ0n) is 11.2. The van der Waals surface area contributed by atoms with E-state index < -0.39 is 0 Å². The van der Waals surface area contributed by atoms with E-state index in [1.807, 2.05) is 6.92 Å². The van der Waals surface area contributed by atoms with Gasteiger partial charge in [0.2, 0.25) is 5.91 Å². The van der Waals surface area contributed by atoms with Crippen molar-refractivity contribution in [2.24, 2.45) is 0 Å². The molecule has 0 aromatic rings. The smallest absolute Gasteiger partial charge is 0.224 e. The number of rotatable bonds is 7. The molecule has 1 amide bonds. The van der Waals surface area contributed by atoms with Crippen molar-refractivity contribution in [2.45, 2.75) is 38.7 Å². The molecule has 1 saturated heterocycles. The molecule has 0 bridgehead atoms. The van der Waals surface area contributed by atoms with E-state index in [1.165, 1.54) is 0 Å². The summed E-state index contributed by atoms with van der Waals surface area (Å²) in [6, 6.07) is 2.06. The molecule has 1 aliphatic rings. The number of nitrogens with zero attached hydrogens (tertiary/aromatic N) is 2. The highest BCUT2D eigenvalue weighted by Gasteiger charge is 2.15. The molecule has 1 heterocycles. The van der Waals surface area contributed by atoms with E-state index >= 15 is 0 Å². The SMILES string of the molecule is CCN(CCC#N)C(=O)CCOC1CCNCC1. The fourth-order valence-electron chi connectivity index (χ4n) is 2.08. The van der Waals surface area contributed by atoms with Crippen molar-refractivity contribution < 1.29 is 9.53 Å². The zero-order chi connectivity index (χ0) is 13.2. The van der Waals surface area contributed by atoms with Gasteiger partial charge in [0, 0.05) is 13.1 Å². The first kappa shape index (κ1) is 14.9. The molecule has 1 rings (SSSR count). The van der Waals surface area contributed by atoms with Crippen LogP contribution in [0.1, 0.15) is 32.6 Å². The summed E-state index contributed by atoms with van der Waals surface area (Å²) in [4.78, 5) is 13.6. The van der Waals surface area contributed by atoms with Crippen LogP contribution in [0.2, 0.25) is 0 Å². The average Bonchev–Trinajstić information content (AvgIpc) is 2.41. The lowest BCUT2D eigenvalue weighted by Gasteiger charge is -2.24. The van der Waals surface area contributed by atoms with Crippen LogP contribution in [0, 0.1) is 11.3 Å². The molecular weight excluding hydrogens is 230 g/mol. The minimum Gasteiger partial charge on any atom is -0.378 e. The first-order valence-corrected chi connectivity index (χ1v) is 6.75. The Balaban J connectivity index is 2.16. The van der Waals surface area contributed by atoms with Crippen LogP contribution in [0.3, 0.4) is 0 Å². The highest BCUT2D eigenvalue weighted by molar-refractivity contribution is 5.76. The highest BCUT2D eigenvalue weighted by atomic mass is 16.5. The van der Waals surface area contributed by atoms with Crippen LogP contribution in [0.15, 0.2) is 0 Å². The van der Waals surface area contributed by atoms with Crippen LogP contribution in [-0.4, -0.2) is 49.7 Å². The number of amides is 1. The van der Waals surface area contributed by atoms with E-state index in [0.29, 0.717) is 38.6 Å². The Morgan fingerprint density at radius 2 is 2.22 bits per heavy atom. The van der Waals surface area contributed by atoms with Crippen molar-refractivity contribution in [2.75, 3.05) is 32.8 Å². The fraction of sp³-hybridized carbons (Fsp3) is 0.846. The van der Waals surface area contributed by atoms with E-state index in [9.17, 15) is 4.79 Å². The Hall–Kier alpha value is -1.12. The summed E-state index contributed by atoms with van der Waals surface area (Å²) in [6.07, 6.45) is 3.17. The van der Waals surface area contributed by atoms with E-state index in [-0.39, 0.29) is 5.91 Å². The quantitative estimate of drug-likeness (QED) is 0.732. The molecule has 0 aromatic carbocycles. The second-order valence-electron chi connectivity index (χ2n) is 4.45. The summed E-state index contributed by atoms with van der Waals surface area (Å²) in [7, 11) is 0. The largest absolute Gasteiger partial charge is 0.378 e. The van der Waals surface area contributed by atoms with E-state index in [4.69, 9.17) is 10.00 Å². The molecule has 0 saturated carbocycles. The van der Waals surface area contributed by atoms with Gasteiger partial charge in [-0.2, -0.15) is 5.26 Å². The third-order valence-electron chi connectivity index (χ3n) is 3.18. The number of hydrogen-bond acceptors (Lipinski definition) is 4. The summed E-state index contributed by atoms with van der Waals surface area (Å²) in [5.74, 6) is 0.0849. The van der Waals surface area contributed by atoms with Crippen LogP contribution in [0.25, 0.3) is 0 Å². The molecule has 0 unspecified atom stereocenters. The van der Waals surface area contributed by atoms with Gasteiger partial charge in [0.15, 0.2) is 0 Å². The molecule has 18 heavy (non-hydrogen) atoms. The summed E-state index contributed by atoms with van der Waals surface area (Å²) >= 11 is 0. The summed E-state index contributed by atoms with van der Waals surface area (Å²) in [5, 5.41) is 11.8. The normalized spacial score (nSPS) is 16.2. The lowest BCUT2D eigenvalue weighted by Crippen LogP contribution is -2.35. The van der Waals surface area contributed by atoms with Gasteiger partial charge in [-0.1, -0.05) is 0 Å². The van der Waals surface area contributed by atoms with Gasteiger partial charge in [-0.3, -0.25) is 4.79 Å². The molecule has 0 radical (unpaired) electrons. The molecule has 0 spiro atoms. The number of carbonyl (C=O) groups excluding carboxylic acids is 1. The third kappa shape index (κ3) is 5.48. The summed E-state index contributed by atoms with van der Waals surface area (Å²) < 4.78 is 5.70. The average molecular weight is 253 g/mol. The Morgan fingerprint density at radius 1 is 1.50 bits per heavy atom. The van der Waals surface area contributed by atoms with Gasteiger partial charge in [-0.25, -0.2) is 0 Å². The lowest BCUT2D eigenvalue weighted by molar-refractivity contribution is -0.132. The van der Waals surface area contributed by atoms with Crippen molar-refractivity contribution in [3.8, 4) is 6.07 Å². The first-order chi connectivity index (χ1) is 8.77. The van der Waals surface area contributed by atoms with Crippen molar-refractivity contribution in [1.29, 1.82) is 5.26 Å². The van der Waals surface area contributed by atoms with Crippen LogP contribution in [0.5, 0.6) is 0 Å². The molecule has 1 fully saturated rings. The highest BCUT2D eigenvalue weighted by Crippen LogP contribution is 2.08. The number of nitriles is 1. The Kier molecular flexibility index (Phi) is 7.38. The van der Waals surface area contributed by atoms with Gasteiger partial charge in [0.25, 0.3) is 0 Å². The van der Waals surface area contributed by atoms with E-state index in [0.717, 1.165) is 25.9 Å². The number of ether oxygens (including phenoxy) is 1. The van der Waals surface area contributed by atoms with Gasteiger partial charge in [0.1, 0.15) is 0 Å². The number of piperidine rings is 1. The predicted molar refractivity (Wildman–Crippen MR) is 68.9 cm³/mol. The zero-order valence-corrected chi connectivity index (χ0v) is 11.2. The molecule has 1 N–H and O–H groups in total. The Morgan fingerprint density at radius 3 is 2.83 bits per heavy atom. The molecule has 5 heteroatoms. The topological polar surface area (TPSA) is 65.4 Å². The second-order valence-corrected chi connectivity index (χ2v) is 4.45. The van der Waals surface area contributed by atoms with Gasteiger partial charge in [-0.05, 0) is 32.9 Å². The third-order valence-corrected chi connectivity index (χ3v) is 3.18. The predicted octanol–water partition coefficient (Wildman–Crippen LogP) is 0.907. The van der Waals surface area contributed by atoms with Crippen LogP contribution >= 0.6 is 0 Å². The second kappa shape index (κ2) is 8.90. The van der Waals surface area contributed by atoms with Crippen LogP contribution in [-0.2, 0) is 9.53 Å². The maximum absolute atomic E-state index is 11.8. The van der Waals surface area contributed by atoms with E-state index in [1.54, 1.807) is 4.90 Å². The van der Waals surface area contributed by atoms with Gasteiger partial charge in [0.05, 0.1) is 31.6 Å². The molecular formula is C13H23N3O2. The molecule has 1 aliphatic heterocycles. The number of nitrogens with one attached hydrogen (secondary N) is 1. The van der Waals surface area contributed by atoms with Gasteiger partial charge >= 0.3 is 0 Å². The van der Waals surface area contributed by atoms with Crippen molar-refractivity contribution in [1.82, 2.24) is 10.2 Å². The maximum atomic E-state index is 11.8. The molecule has 0 atom stereocenters. The standard InChI is InChI=1S/C13H23N3O2/c1-2-16(10-3-7-14)13(17)6-11-18-12-4-8-15-9-5-12/h12,15H,2-6,8-11H2,1H3. The lowest BCUT2D eigenvalue weighted by atomic mass is 10.1. The van der Waals surface area contributed by atoms with E-state index in [2.05, 4.69) is 11.4 Å². The minimum absolute atomic E-state index is 0.0849. The van der Waals surface area contributed by atoms with Crippen molar-refractivity contribution in [3.05, 3.63) is 0 Å². The maximum Gasteiger partial charge on any atom is 0.224 e. The Bertz CT molecular complexity index is 282. The Labute approximate surface area is 109 Å². The molecule has 0 aromatic heterocycles. The fourth-order valence-corrected chi connectivity index (χ4v) is 2.08. The van der Waals surface area contributed by atoms with Crippen LogP contribution in [0.4, 0.5) is 0 Å². The molecule has 5 nitrogen and oxygen atoms in total. The molecule has 0 aliphatic carbocycles. The monoisotopic (exact) mass is 253 g/mol. The number of carbonyl (C=O) groups is 1. The first-order valence-electron chi connectivity index (χ1n) is 6.75. The van der Waals surface area contributed by atoms with Crippen molar-refractivity contribution in [3.63, 3.8) is 0 Å². The van der Waals surface area contributed by atoms with Gasteiger partial charge < -0.3 is 15.0 Å². The summed E-state index contributed by atoms with van der Waals surface area (Å²) in [5.41, 5.74) is 0.